The number of carbonyl (C=O) groups is 2. The summed E-state index contributed by atoms with van der Waals surface area (Å²) in [5.74, 6) is -0.897. The first-order valence-corrected chi connectivity index (χ1v) is 14.2. The molecule has 1 atom stereocenters. The number of nitrogens with zero attached hydrogens (tertiary/aromatic N) is 2. The monoisotopic (exact) mass is 563 g/mol. The fourth-order valence-electron chi connectivity index (χ4n) is 3.85. The minimum absolute atomic E-state index is 0.0520. The first-order valence-electron chi connectivity index (χ1n) is 12.0. The molecule has 7 nitrogen and oxygen atoms in total. The molecule has 0 aliphatic heterocycles. The number of hydrogen-bond acceptors (Lipinski definition) is 4. The van der Waals surface area contributed by atoms with E-state index in [1.807, 2.05) is 31.2 Å². The second-order valence-corrected chi connectivity index (χ2v) is 11.7. The van der Waals surface area contributed by atoms with Gasteiger partial charge in [-0.15, -0.1) is 0 Å². The Hall–Kier alpha value is -2.65. The maximum atomic E-state index is 13.5. The van der Waals surface area contributed by atoms with Gasteiger partial charge < -0.3 is 10.2 Å². The molecule has 198 valence electrons. The van der Waals surface area contributed by atoms with Crippen molar-refractivity contribution in [3.63, 3.8) is 0 Å². The van der Waals surface area contributed by atoms with Crippen molar-refractivity contribution in [1.29, 1.82) is 0 Å². The van der Waals surface area contributed by atoms with Crippen molar-refractivity contribution in [3.8, 4) is 0 Å². The molecule has 0 aliphatic rings. The van der Waals surface area contributed by atoms with Crippen LogP contribution < -0.4 is 5.32 Å². The van der Waals surface area contributed by atoms with Crippen LogP contribution in [0.5, 0.6) is 0 Å². The van der Waals surface area contributed by atoms with Gasteiger partial charge in [0.2, 0.25) is 21.8 Å². The van der Waals surface area contributed by atoms with Crippen LogP contribution in [0.3, 0.4) is 0 Å². The third-order valence-corrected chi connectivity index (χ3v) is 8.68. The molecule has 0 bridgehead atoms. The normalized spacial score (nSPS) is 12.5. The van der Waals surface area contributed by atoms with Gasteiger partial charge in [0, 0.05) is 35.7 Å². The summed E-state index contributed by atoms with van der Waals surface area (Å²) >= 11 is 12.7. The van der Waals surface area contributed by atoms with Crippen LogP contribution in [0.2, 0.25) is 10.0 Å². The molecule has 10 heteroatoms. The summed E-state index contributed by atoms with van der Waals surface area (Å²) in [6, 6.07) is 16.3. The molecule has 0 aliphatic carbocycles. The van der Waals surface area contributed by atoms with Crippen molar-refractivity contribution >= 4 is 55.8 Å². The molecule has 0 spiro atoms. The van der Waals surface area contributed by atoms with Gasteiger partial charge in [-0.2, -0.15) is 4.31 Å². The molecule has 3 aromatic carbocycles. The lowest BCUT2D eigenvalue weighted by Crippen LogP contribution is -2.50. The zero-order valence-electron chi connectivity index (χ0n) is 21.1. The maximum absolute atomic E-state index is 13.5. The summed E-state index contributed by atoms with van der Waals surface area (Å²) in [7, 11) is -2.64. The van der Waals surface area contributed by atoms with Gasteiger partial charge in [0.05, 0.1) is 11.4 Å². The summed E-state index contributed by atoms with van der Waals surface area (Å²) < 4.78 is 27.6. The van der Waals surface area contributed by atoms with E-state index in [0.29, 0.717) is 22.2 Å². The molecule has 0 saturated heterocycles. The zero-order valence-corrected chi connectivity index (χ0v) is 23.4. The number of nitrogens with one attached hydrogen (secondary N) is 1. The molecule has 3 rings (SSSR count). The molecule has 0 fully saturated rings. The van der Waals surface area contributed by atoms with E-state index in [0.717, 1.165) is 27.9 Å². The van der Waals surface area contributed by atoms with E-state index in [9.17, 15) is 18.0 Å². The number of sulfonamides is 1. The van der Waals surface area contributed by atoms with Gasteiger partial charge in [-0.25, -0.2) is 8.42 Å². The topological polar surface area (TPSA) is 86.8 Å². The van der Waals surface area contributed by atoms with Crippen molar-refractivity contribution < 1.29 is 18.0 Å². The van der Waals surface area contributed by atoms with Crippen molar-refractivity contribution in [2.24, 2.45) is 0 Å². The Morgan fingerprint density at radius 1 is 0.973 bits per heavy atom. The van der Waals surface area contributed by atoms with Crippen molar-refractivity contribution in [3.05, 3.63) is 76.3 Å². The van der Waals surface area contributed by atoms with Crippen LogP contribution >= 0.6 is 23.2 Å². The van der Waals surface area contributed by atoms with Crippen LogP contribution in [-0.4, -0.2) is 55.6 Å². The van der Waals surface area contributed by atoms with E-state index in [1.165, 1.54) is 18.0 Å². The lowest BCUT2D eigenvalue weighted by molar-refractivity contribution is -0.140. The third-order valence-electron chi connectivity index (χ3n) is 6.17. The molecule has 0 radical (unpaired) electrons. The molecule has 37 heavy (non-hydrogen) atoms. The maximum Gasteiger partial charge on any atom is 0.243 e. The Balaban J connectivity index is 1.86. The minimum atomic E-state index is -3.98. The van der Waals surface area contributed by atoms with E-state index >= 15 is 0 Å². The summed E-state index contributed by atoms with van der Waals surface area (Å²) in [6.45, 7) is 3.57. The second kappa shape index (κ2) is 12.7. The predicted octanol–water partition coefficient (Wildman–Crippen LogP) is 5.10. The first-order chi connectivity index (χ1) is 17.6. The van der Waals surface area contributed by atoms with Gasteiger partial charge in [0.15, 0.2) is 0 Å². The van der Waals surface area contributed by atoms with Gasteiger partial charge in [-0.05, 0) is 48.4 Å². The van der Waals surface area contributed by atoms with Gasteiger partial charge in [0.1, 0.15) is 6.04 Å². The van der Waals surface area contributed by atoms with Gasteiger partial charge in [-0.1, -0.05) is 72.9 Å². The van der Waals surface area contributed by atoms with Crippen LogP contribution in [-0.2, 0) is 26.2 Å². The number of rotatable bonds is 11. The Kier molecular flexibility index (Phi) is 9.95. The lowest BCUT2D eigenvalue weighted by Gasteiger charge is -2.31. The number of unbranched alkanes of at least 4 members (excludes halogenated alkanes) is 1. The Morgan fingerprint density at radius 3 is 2.27 bits per heavy atom. The first kappa shape index (κ1) is 28.9. The quantitative estimate of drug-likeness (QED) is 0.329. The number of fused-ring (bicyclic) bond motifs is 1. The van der Waals surface area contributed by atoms with Crippen LogP contribution in [0.25, 0.3) is 10.8 Å². The second-order valence-electron chi connectivity index (χ2n) is 8.81. The largest absolute Gasteiger partial charge is 0.354 e. The summed E-state index contributed by atoms with van der Waals surface area (Å²) in [6.07, 6.45) is 1.71. The summed E-state index contributed by atoms with van der Waals surface area (Å²) in [5.41, 5.74) is 0.479. The van der Waals surface area contributed by atoms with Crippen LogP contribution in [0.1, 0.15) is 32.3 Å². The SMILES string of the molecule is CCCCNC(=O)C(C)N(Cc1c(Cl)cccc1Cl)C(=O)CN(C)S(=O)(=O)c1ccc2ccccc2c1. The highest BCUT2D eigenvalue weighted by atomic mass is 35.5. The van der Waals surface area contributed by atoms with Crippen LogP contribution in [0.15, 0.2) is 65.6 Å². The van der Waals surface area contributed by atoms with E-state index in [1.54, 1.807) is 37.3 Å². The lowest BCUT2D eigenvalue weighted by atomic mass is 10.1. The molecule has 1 N–H and O–H groups in total. The standard InChI is InChI=1S/C27H31Cl2N3O4S/c1-4-5-15-30-27(34)19(2)32(17-23-24(28)11-8-12-25(23)29)26(33)18-31(3)37(35,36)22-14-13-20-9-6-7-10-21(20)16-22/h6-14,16,19H,4-5,15,17-18H2,1-3H3,(H,30,34). The zero-order chi connectivity index (χ0) is 27.2. The fourth-order valence-corrected chi connectivity index (χ4v) is 5.52. The van der Waals surface area contributed by atoms with E-state index in [2.05, 4.69) is 5.32 Å². The van der Waals surface area contributed by atoms with Crippen LogP contribution in [0, 0.1) is 0 Å². The van der Waals surface area contributed by atoms with E-state index in [4.69, 9.17) is 23.2 Å². The van der Waals surface area contributed by atoms with Crippen molar-refractivity contribution in [2.75, 3.05) is 20.1 Å². The van der Waals surface area contributed by atoms with Crippen molar-refractivity contribution in [2.45, 2.75) is 44.2 Å². The molecule has 3 aromatic rings. The number of carbonyl (C=O) groups excluding carboxylic acids is 2. The molecule has 1 unspecified atom stereocenters. The molecule has 0 aromatic heterocycles. The Morgan fingerprint density at radius 2 is 1.62 bits per heavy atom. The highest BCUT2D eigenvalue weighted by molar-refractivity contribution is 7.89. The van der Waals surface area contributed by atoms with Gasteiger partial charge in [-0.3, -0.25) is 9.59 Å². The number of likely N-dealkylation sites (N-methyl/N-ethyl adjacent to an activating group) is 1. The number of halogens is 2. The third kappa shape index (κ3) is 7.02. The van der Waals surface area contributed by atoms with Gasteiger partial charge in [0.25, 0.3) is 0 Å². The average Bonchev–Trinajstić information content (AvgIpc) is 2.87. The smallest absolute Gasteiger partial charge is 0.243 e. The Labute approximate surface area is 228 Å². The highest BCUT2D eigenvalue weighted by Gasteiger charge is 2.31. The number of benzene rings is 3. The van der Waals surface area contributed by atoms with Crippen molar-refractivity contribution in [1.82, 2.24) is 14.5 Å². The minimum Gasteiger partial charge on any atom is -0.354 e. The average molecular weight is 565 g/mol. The highest BCUT2D eigenvalue weighted by Crippen LogP contribution is 2.27. The molecule has 2 amide bonds. The molecular formula is C27H31Cl2N3O4S. The van der Waals surface area contributed by atoms with E-state index < -0.39 is 28.5 Å². The number of hydrogen-bond donors (Lipinski definition) is 1. The molecule has 0 saturated carbocycles. The predicted molar refractivity (Wildman–Crippen MR) is 148 cm³/mol. The molecular weight excluding hydrogens is 533 g/mol. The number of amides is 2. The Bertz CT molecular complexity index is 1360. The van der Waals surface area contributed by atoms with Crippen LogP contribution in [0.4, 0.5) is 0 Å². The van der Waals surface area contributed by atoms with Gasteiger partial charge >= 0.3 is 0 Å². The summed E-state index contributed by atoms with van der Waals surface area (Å²) in [5, 5.41) is 5.21. The summed E-state index contributed by atoms with van der Waals surface area (Å²) in [4.78, 5) is 27.7. The van der Waals surface area contributed by atoms with E-state index in [-0.39, 0.29) is 17.3 Å². The fraction of sp³-hybridized carbons (Fsp3) is 0.333. The molecule has 0 heterocycles.